The molecule has 96 valence electrons. The number of nitrogens with one attached hydrogen (secondary N) is 1. The van der Waals surface area contributed by atoms with Crippen molar-refractivity contribution in [3.05, 3.63) is 10.0 Å². The minimum absolute atomic E-state index is 0.276. The third-order valence-electron chi connectivity index (χ3n) is 3.97. The van der Waals surface area contributed by atoms with Crippen molar-refractivity contribution >= 4 is 18.6 Å². The van der Waals surface area contributed by atoms with Crippen molar-refractivity contribution in [2.24, 2.45) is 5.92 Å². The van der Waals surface area contributed by atoms with Crippen LogP contribution in [0.15, 0.2) is 10.0 Å². The third-order valence-corrected chi connectivity index (χ3v) is 9.59. The molecular formula is C11H17NO4Se. The first-order valence-corrected chi connectivity index (χ1v) is 8.71. The maximum absolute atomic E-state index is 12.4. The van der Waals surface area contributed by atoms with Gasteiger partial charge in [-0.25, -0.2) is 0 Å². The van der Waals surface area contributed by atoms with Gasteiger partial charge >= 0.3 is 102 Å². The fourth-order valence-corrected chi connectivity index (χ4v) is 7.96. The molecule has 0 aliphatic carbocycles. The second kappa shape index (κ2) is 3.40. The Labute approximate surface area is 102 Å². The van der Waals surface area contributed by atoms with Crippen LogP contribution in [0.1, 0.15) is 27.7 Å². The fourth-order valence-electron chi connectivity index (χ4n) is 2.74. The Hall–Kier alpha value is -0.711. The molecule has 1 amide bonds. The molecular weight excluding hydrogens is 289 g/mol. The number of rotatable bonds is 2. The molecule has 3 atom stereocenters. The number of aliphatic hydroxyl groups is 1. The molecule has 0 spiro atoms. The topological polar surface area (TPSA) is 83.5 Å². The predicted octanol–water partition coefficient (Wildman–Crippen LogP) is 0.434. The number of allylic oxidation sites excluding steroid dienone is 1. The average Bonchev–Trinajstić information content (AvgIpc) is 2.33. The van der Waals surface area contributed by atoms with Crippen LogP contribution in [0.25, 0.3) is 0 Å². The Bertz CT molecular complexity index is 520. The molecule has 0 bridgehead atoms. The van der Waals surface area contributed by atoms with Crippen molar-refractivity contribution in [1.82, 2.24) is 5.32 Å². The number of carbonyl (C=O) groups is 1. The van der Waals surface area contributed by atoms with Crippen LogP contribution in [0.2, 0.25) is 4.31 Å². The van der Waals surface area contributed by atoms with Gasteiger partial charge in [0.1, 0.15) is 0 Å². The van der Waals surface area contributed by atoms with Crippen molar-refractivity contribution < 1.29 is 17.6 Å². The molecule has 6 heteroatoms. The van der Waals surface area contributed by atoms with E-state index in [1.165, 1.54) is 6.92 Å². The van der Waals surface area contributed by atoms with Crippen molar-refractivity contribution in [1.29, 1.82) is 0 Å². The van der Waals surface area contributed by atoms with E-state index in [0.717, 1.165) is 0 Å². The number of amides is 1. The van der Waals surface area contributed by atoms with Crippen LogP contribution >= 0.6 is 0 Å². The molecule has 0 aromatic carbocycles. The van der Waals surface area contributed by atoms with E-state index in [4.69, 9.17) is 0 Å². The molecule has 2 aliphatic rings. The Morgan fingerprint density at radius 3 is 2.24 bits per heavy atom. The predicted molar refractivity (Wildman–Crippen MR) is 61.0 cm³/mol. The number of fused-ring (bicyclic) bond motifs is 1. The standard InChI is InChI=1S/C11H17NO4Se/c1-5(2)9(13)11-8(12-10(11)14)6(3)7(4)17(11,15)16/h5,8-9,13H,1-4H3,(H,12,14)/t8-,9-,11-/m0/s1. The SMILES string of the molecule is CC1=C(C)[Se](=O)(=O)[C@@]2([C@@H](O)C(C)C)C(=O)N[C@@H]12. The third kappa shape index (κ3) is 1.16. The molecule has 0 aromatic heterocycles. The first kappa shape index (κ1) is 12.7. The second-order valence-corrected chi connectivity index (χ2v) is 9.95. The van der Waals surface area contributed by atoms with Crippen LogP contribution in [-0.2, 0) is 12.5 Å². The summed E-state index contributed by atoms with van der Waals surface area (Å²) in [6, 6.07) is -0.539. The van der Waals surface area contributed by atoms with Gasteiger partial charge in [0.25, 0.3) is 0 Å². The summed E-state index contributed by atoms with van der Waals surface area (Å²) in [5, 5.41) is 12.8. The summed E-state index contributed by atoms with van der Waals surface area (Å²) in [6.45, 7) is 6.67. The quantitative estimate of drug-likeness (QED) is 0.572. The summed E-state index contributed by atoms with van der Waals surface area (Å²) in [5.74, 6) is -0.827. The van der Waals surface area contributed by atoms with Gasteiger partial charge in [0.2, 0.25) is 0 Å². The Kier molecular flexibility index (Phi) is 2.55. The molecule has 0 radical (unpaired) electrons. The normalized spacial score (nSPS) is 36.6. The van der Waals surface area contributed by atoms with E-state index in [0.29, 0.717) is 5.57 Å². The minimum atomic E-state index is -4.61. The molecule has 0 saturated carbocycles. The molecule has 5 nitrogen and oxygen atoms in total. The van der Waals surface area contributed by atoms with E-state index in [2.05, 4.69) is 5.32 Å². The van der Waals surface area contributed by atoms with Crippen LogP contribution in [0.3, 0.4) is 0 Å². The van der Waals surface area contributed by atoms with Gasteiger partial charge in [-0.15, -0.1) is 0 Å². The van der Waals surface area contributed by atoms with E-state index in [1.54, 1.807) is 20.8 Å². The summed E-state index contributed by atoms with van der Waals surface area (Å²) >= 11 is -4.61. The van der Waals surface area contributed by atoms with E-state index < -0.39 is 35.1 Å². The van der Waals surface area contributed by atoms with Gasteiger partial charge in [0.05, 0.1) is 0 Å². The van der Waals surface area contributed by atoms with Crippen LogP contribution in [0, 0.1) is 5.92 Å². The van der Waals surface area contributed by atoms with Gasteiger partial charge in [-0.3, -0.25) is 0 Å². The first-order valence-electron chi connectivity index (χ1n) is 5.60. The first-order chi connectivity index (χ1) is 7.69. The molecule has 2 heterocycles. The summed E-state index contributed by atoms with van der Waals surface area (Å²) in [7, 11) is 0. The molecule has 17 heavy (non-hydrogen) atoms. The van der Waals surface area contributed by atoms with Gasteiger partial charge in [-0.2, -0.15) is 0 Å². The van der Waals surface area contributed by atoms with E-state index in [-0.39, 0.29) is 10.4 Å². The summed E-state index contributed by atoms with van der Waals surface area (Å²) in [4.78, 5) is 11.8. The van der Waals surface area contributed by atoms with Gasteiger partial charge in [0.15, 0.2) is 0 Å². The Balaban J connectivity index is 2.65. The summed E-state index contributed by atoms with van der Waals surface area (Å²) in [5.41, 5.74) is 0.661. The van der Waals surface area contributed by atoms with Crippen LogP contribution in [0.5, 0.6) is 0 Å². The molecule has 1 saturated heterocycles. The van der Waals surface area contributed by atoms with Crippen molar-refractivity contribution in [2.45, 2.75) is 44.2 Å². The van der Waals surface area contributed by atoms with Gasteiger partial charge < -0.3 is 0 Å². The zero-order valence-corrected chi connectivity index (χ0v) is 12.0. The molecule has 2 N–H and O–H groups in total. The maximum atomic E-state index is 12.4. The zero-order valence-electron chi connectivity index (χ0n) is 10.3. The number of hydrogen-bond donors (Lipinski definition) is 2. The number of carbonyl (C=O) groups excluding carboxylic acids is 1. The average molecular weight is 306 g/mol. The number of β-lactam (4-membered cyclic amide) rings is 1. The van der Waals surface area contributed by atoms with Gasteiger partial charge in [-0.1, -0.05) is 0 Å². The Morgan fingerprint density at radius 1 is 1.35 bits per heavy atom. The van der Waals surface area contributed by atoms with Crippen LogP contribution in [-0.4, -0.2) is 35.9 Å². The van der Waals surface area contributed by atoms with Gasteiger partial charge in [0, 0.05) is 0 Å². The molecule has 0 unspecified atom stereocenters. The monoisotopic (exact) mass is 307 g/mol. The van der Waals surface area contributed by atoms with E-state index in [9.17, 15) is 17.6 Å². The zero-order chi connectivity index (χ0) is 13.2. The molecule has 1 fully saturated rings. The number of hydrogen-bond acceptors (Lipinski definition) is 4. The van der Waals surface area contributed by atoms with Crippen molar-refractivity contribution in [3.8, 4) is 0 Å². The van der Waals surface area contributed by atoms with Gasteiger partial charge in [-0.05, 0) is 0 Å². The van der Waals surface area contributed by atoms with E-state index in [1.807, 2.05) is 0 Å². The summed E-state index contributed by atoms with van der Waals surface area (Å²) < 4.78 is 23.5. The van der Waals surface area contributed by atoms with Crippen LogP contribution < -0.4 is 5.32 Å². The Morgan fingerprint density at radius 2 is 1.88 bits per heavy atom. The van der Waals surface area contributed by atoms with Crippen molar-refractivity contribution in [3.63, 3.8) is 0 Å². The fraction of sp³-hybridized carbons (Fsp3) is 0.727. The molecule has 2 rings (SSSR count). The number of aliphatic hydroxyl groups excluding tert-OH is 1. The second-order valence-electron chi connectivity index (χ2n) is 5.13. The van der Waals surface area contributed by atoms with Crippen LogP contribution in [0.4, 0.5) is 0 Å². The molecule has 0 aromatic rings. The molecule has 2 aliphatic heterocycles. The van der Waals surface area contributed by atoms with Crippen molar-refractivity contribution in [2.75, 3.05) is 0 Å². The summed E-state index contributed by atoms with van der Waals surface area (Å²) in [6.07, 6.45) is -1.15. The van der Waals surface area contributed by atoms with E-state index >= 15 is 0 Å².